The number of rotatable bonds is 6. The van der Waals surface area contributed by atoms with E-state index in [1.54, 1.807) is 28.8 Å². The van der Waals surface area contributed by atoms with Gasteiger partial charge in [0.1, 0.15) is 12.0 Å². The lowest BCUT2D eigenvalue weighted by molar-refractivity contribution is -0.380. The van der Waals surface area contributed by atoms with E-state index in [9.17, 15) is 24.1 Å². The van der Waals surface area contributed by atoms with Crippen LogP contribution >= 0.6 is 22.9 Å². The van der Waals surface area contributed by atoms with Crippen LogP contribution in [-0.2, 0) is 11.3 Å². The van der Waals surface area contributed by atoms with Crippen molar-refractivity contribution in [3.8, 4) is 0 Å². The van der Waals surface area contributed by atoms with E-state index < -0.39 is 22.4 Å². The van der Waals surface area contributed by atoms with E-state index in [0.29, 0.717) is 33.8 Å². The number of thiazole rings is 1. The first kappa shape index (κ1) is 20.6. The molecule has 4 aromatic rings. The molecule has 0 atom stereocenters. The summed E-state index contributed by atoms with van der Waals surface area (Å²) in [6.45, 7) is 0.324. The molecule has 0 radical (unpaired) electrons. The van der Waals surface area contributed by atoms with Crippen molar-refractivity contribution in [2.45, 2.75) is 6.54 Å². The number of aromatic nitrogens is 2. The standard InChI is InChI=1S/C20H12ClFN4O4S/c21-12-3-1-11(2-4-12)9-25-10-15(14-6-5-13(22)7-16(14)25)18(27)19(28)24-20-23-8-17(31-20)26(29)30/h1-8,10H,9H2,(H,23,24,28). The zero-order valence-corrected chi connectivity index (χ0v) is 17.1. The number of benzene rings is 2. The number of ketones is 1. The molecule has 2 aromatic carbocycles. The number of fused-ring (bicyclic) bond motifs is 1. The molecule has 0 saturated heterocycles. The van der Waals surface area contributed by atoms with Gasteiger partial charge >= 0.3 is 5.00 Å². The van der Waals surface area contributed by atoms with E-state index in [1.165, 1.54) is 24.4 Å². The van der Waals surface area contributed by atoms with Gasteiger partial charge in [0.15, 0.2) is 5.13 Å². The Morgan fingerprint density at radius 3 is 2.65 bits per heavy atom. The smallest absolute Gasteiger partial charge is 0.342 e. The Balaban J connectivity index is 1.66. The van der Waals surface area contributed by atoms with Gasteiger partial charge in [0.05, 0.1) is 16.0 Å². The van der Waals surface area contributed by atoms with Crippen LogP contribution < -0.4 is 5.32 Å². The summed E-state index contributed by atoms with van der Waals surface area (Å²) in [6.07, 6.45) is 2.47. The second-order valence-electron chi connectivity index (χ2n) is 6.50. The van der Waals surface area contributed by atoms with Crippen molar-refractivity contribution in [3.63, 3.8) is 0 Å². The van der Waals surface area contributed by atoms with Gasteiger partial charge in [0.25, 0.3) is 11.7 Å². The van der Waals surface area contributed by atoms with E-state index in [0.717, 1.165) is 11.8 Å². The topological polar surface area (TPSA) is 107 Å². The van der Waals surface area contributed by atoms with Gasteiger partial charge in [-0.15, -0.1) is 0 Å². The zero-order valence-electron chi connectivity index (χ0n) is 15.5. The van der Waals surface area contributed by atoms with Crippen molar-refractivity contribution in [1.82, 2.24) is 9.55 Å². The first-order chi connectivity index (χ1) is 14.8. The summed E-state index contributed by atoms with van der Waals surface area (Å²) < 4.78 is 15.5. The van der Waals surface area contributed by atoms with Gasteiger partial charge in [-0.3, -0.25) is 25.0 Å². The van der Waals surface area contributed by atoms with E-state index in [4.69, 9.17) is 11.6 Å². The van der Waals surface area contributed by atoms with Gasteiger partial charge < -0.3 is 4.57 Å². The molecule has 1 N–H and O–H groups in total. The van der Waals surface area contributed by atoms with Crippen LogP contribution in [0.4, 0.5) is 14.5 Å². The zero-order chi connectivity index (χ0) is 22.1. The molecule has 0 fully saturated rings. The average molecular weight is 459 g/mol. The van der Waals surface area contributed by atoms with Crippen LogP contribution in [0.3, 0.4) is 0 Å². The van der Waals surface area contributed by atoms with E-state index in [1.807, 2.05) is 0 Å². The maximum atomic E-state index is 13.9. The normalized spacial score (nSPS) is 10.9. The second kappa shape index (κ2) is 8.25. The quantitative estimate of drug-likeness (QED) is 0.195. The summed E-state index contributed by atoms with van der Waals surface area (Å²) in [6, 6.07) is 11.0. The molecule has 0 unspecified atom stereocenters. The molecule has 0 bridgehead atoms. The van der Waals surface area contributed by atoms with Crippen LogP contribution in [0.15, 0.2) is 54.9 Å². The Morgan fingerprint density at radius 1 is 1.23 bits per heavy atom. The number of hydrogen-bond acceptors (Lipinski definition) is 6. The Hall–Kier alpha value is -3.63. The van der Waals surface area contributed by atoms with Gasteiger partial charge in [-0.2, -0.15) is 0 Å². The van der Waals surface area contributed by atoms with E-state index in [-0.39, 0.29) is 15.7 Å². The van der Waals surface area contributed by atoms with E-state index >= 15 is 0 Å². The van der Waals surface area contributed by atoms with Crippen LogP contribution in [0.5, 0.6) is 0 Å². The Kier molecular flexibility index (Phi) is 5.49. The third-order valence-electron chi connectivity index (χ3n) is 4.46. The highest BCUT2D eigenvalue weighted by Crippen LogP contribution is 2.27. The van der Waals surface area contributed by atoms with Gasteiger partial charge in [-0.1, -0.05) is 23.7 Å². The SMILES string of the molecule is O=C(Nc1ncc([N+](=O)[O-])s1)C(=O)c1cn(Cc2ccc(Cl)cc2)c2cc(F)ccc12. The highest BCUT2D eigenvalue weighted by atomic mass is 35.5. The van der Waals surface area contributed by atoms with Crippen LogP contribution in [0.1, 0.15) is 15.9 Å². The third kappa shape index (κ3) is 4.30. The van der Waals surface area contributed by atoms with Crippen LogP contribution in [0.2, 0.25) is 5.02 Å². The Bertz CT molecular complexity index is 1330. The number of nitrogens with one attached hydrogen (secondary N) is 1. The predicted molar refractivity (Wildman–Crippen MR) is 114 cm³/mol. The van der Waals surface area contributed by atoms with Crippen molar-refractivity contribution < 1.29 is 18.9 Å². The number of amides is 1. The van der Waals surface area contributed by atoms with Gasteiger partial charge in [0.2, 0.25) is 0 Å². The third-order valence-corrected chi connectivity index (χ3v) is 5.57. The van der Waals surface area contributed by atoms with Crippen LogP contribution in [0, 0.1) is 15.9 Å². The summed E-state index contributed by atoms with van der Waals surface area (Å²) in [4.78, 5) is 39.1. The molecular weight excluding hydrogens is 447 g/mol. The number of hydrogen-bond donors (Lipinski definition) is 1. The highest BCUT2D eigenvalue weighted by molar-refractivity contribution is 7.18. The average Bonchev–Trinajstić information content (AvgIpc) is 3.34. The Labute approximate surface area is 183 Å². The molecule has 0 spiro atoms. The predicted octanol–water partition coefficient (Wildman–Crippen LogP) is 4.67. The molecule has 0 aliphatic heterocycles. The molecule has 0 aliphatic carbocycles. The van der Waals surface area contributed by atoms with Gasteiger partial charge in [0, 0.05) is 23.2 Å². The number of nitrogens with zero attached hydrogens (tertiary/aromatic N) is 3. The lowest BCUT2D eigenvalue weighted by atomic mass is 10.1. The summed E-state index contributed by atoms with van der Waals surface area (Å²) in [5.41, 5.74) is 1.38. The van der Waals surface area contributed by atoms with Crippen LogP contribution in [0.25, 0.3) is 10.9 Å². The number of halogens is 2. The number of carbonyl (C=O) groups is 2. The molecule has 156 valence electrons. The molecule has 4 rings (SSSR count). The van der Waals surface area contributed by atoms with E-state index in [2.05, 4.69) is 10.3 Å². The lowest BCUT2D eigenvalue weighted by Crippen LogP contribution is -2.22. The monoisotopic (exact) mass is 458 g/mol. The molecule has 8 nitrogen and oxygen atoms in total. The molecule has 11 heteroatoms. The molecule has 1 amide bonds. The summed E-state index contributed by atoms with van der Waals surface area (Å²) in [5.74, 6) is -2.36. The van der Waals surface area contributed by atoms with Crippen molar-refractivity contribution >= 4 is 55.7 Å². The summed E-state index contributed by atoms with van der Waals surface area (Å²) in [5, 5.41) is 13.7. The molecule has 0 aliphatic rings. The number of anilines is 1. The fraction of sp³-hybridized carbons (Fsp3) is 0.0500. The van der Waals surface area contributed by atoms with Crippen molar-refractivity contribution in [2.75, 3.05) is 5.32 Å². The fourth-order valence-corrected chi connectivity index (χ4v) is 3.80. The highest BCUT2D eigenvalue weighted by Gasteiger charge is 2.24. The second-order valence-corrected chi connectivity index (χ2v) is 7.95. The molecule has 0 saturated carbocycles. The summed E-state index contributed by atoms with van der Waals surface area (Å²) >= 11 is 6.54. The van der Waals surface area contributed by atoms with Crippen LogP contribution in [-0.4, -0.2) is 26.2 Å². The molecule has 31 heavy (non-hydrogen) atoms. The van der Waals surface area contributed by atoms with Gasteiger partial charge in [-0.25, -0.2) is 9.37 Å². The first-order valence-electron chi connectivity index (χ1n) is 8.80. The molecule has 2 aromatic heterocycles. The van der Waals surface area contributed by atoms with Crippen molar-refractivity contribution in [2.24, 2.45) is 0 Å². The molecule has 2 heterocycles. The lowest BCUT2D eigenvalue weighted by Gasteiger charge is -2.06. The van der Waals surface area contributed by atoms with Crippen molar-refractivity contribution in [1.29, 1.82) is 0 Å². The number of nitro groups is 1. The first-order valence-corrected chi connectivity index (χ1v) is 10.00. The van der Waals surface area contributed by atoms with Crippen molar-refractivity contribution in [3.05, 3.63) is 86.9 Å². The maximum Gasteiger partial charge on any atom is 0.345 e. The minimum absolute atomic E-state index is 0.0685. The maximum absolute atomic E-state index is 13.9. The Morgan fingerprint density at radius 2 is 1.97 bits per heavy atom. The largest absolute Gasteiger partial charge is 0.345 e. The minimum Gasteiger partial charge on any atom is -0.342 e. The number of Topliss-reactive ketones (excluding diaryl/α,β-unsaturated/α-hetero) is 1. The van der Waals surface area contributed by atoms with Gasteiger partial charge in [-0.05, 0) is 47.2 Å². The minimum atomic E-state index is -1.00. The molecular formula is C20H12ClFN4O4S. The number of carbonyl (C=O) groups excluding carboxylic acids is 2. The fourth-order valence-electron chi connectivity index (χ4n) is 3.05. The summed E-state index contributed by atoms with van der Waals surface area (Å²) in [7, 11) is 0.